The molecule has 27 heavy (non-hydrogen) atoms. The second-order valence-corrected chi connectivity index (χ2v) is 7.08. The summed E-state index contributed by atoms with van der Waals surface area (Å²) in [5, 5.41) is 8.20. The first-order valence-electron chi connectivity index (χ1n) is 9.04. The molecule has 0 saturated carbocycles. The highest BCUT2D eigenvalue weighted by molar-refractivity contribution is 5.92. The summed E-state index contributed by atoms with van der Waals surface area (Å²) in [7, 11) is 1.81. The number of rotatable bonds is 4. The number of aromatic nitrogens is 5. The Morgan fingerprint density at radius 2 is 2.19 bits per heavy atom. The van der Waals surface area contributed by atoms with Gasteiger partial charge in [-0.2, -0.15) is 5.10 Å². The Balaban J connectivity index is 1.45. The van der Waals surface area contributed by atoms with Crippen LogP contribution in [0.3, 0.4) is 0 Å². The second-order valence-electron chi connectivity index (χ2n) is 7.08. The zero-order valence-corrected chi connectivity index (χ0v) is 15.7. The van der Waals surface area contributed by atoms with Crippen molar-refractivity contribution >= 4 is 5.91 Å². The van der Waals surface area contributed by atoms with Crippen molar-refractivity contribution in [2.45, 2.75) is 26.7 Å². The summed E-state index contributed by atoms with van der Waals surface area (Å²) in [6.45, 7) is 5.24. The van der Waals surface area contributed by atoms with Crippen LogP contribution >= 0.6 is 0 Å². The van der Waals surface area contributed by atoms with Crippen LogP contribution in [0.2, 0.25) is 0 Å². The standard InChI is InChI=1S/C19H22N6O2/c1-12-18(13(2)27-23-12)17-10-20-9-15(21-17)8-14-4-7-25(11-14)19(26)16-5-6-24(3)22-16/h5-6,9-10,14H,4,7-8,11H2,1-3H3/t14-/m1/s1. The molecule has 3 aromatic heterocycles. The van der Waals surface area contributed by atoms with Gasteiger partial charge in [-0.1, -0.05) is 5.16 Å². The molecule has 1 aliphatic rings. The minimum absolute atomic E-state index is 0.00587. The van der Waals surface area contributed by atoms with Gasteiger partial charge in [0.25, 0.3) is 5.91 Å². The van der Waals surface area contributed by atoms with Crippen molar-refractivity contribution in [2.24, 2.45) is 13.0 Å². The molecule has 0 bridgehead atoms. The van der Waals surface area contributed by atoms with Gasteiger partial charge < -0.3 is 9.42 Å². The van der Waals surface area contributed by atoms with Gasteiger partial charge in [0.15, 0.2) is 0 Å². The van der Waals surface area contributed by atoms with Crippen LogP contribution in [0.15, 0.2) is 29.2 Å². The molecule has 8 heteroatoms. The lowest BCUT2D eigenvalue weighted by Gasteiger charge is -2.15. The summed E-state index contributed by atoms with van der Waals surface area (Å²) in [5.41, 5.74) is 3.92. The van der Waals surface area contributed by atoms with E-state index < -0.39 is 0 Å². The van der Waals surface area contributed by atoms with E-state index in [1.54, 1.807) is 29.3 Å². The largest absolute Gasteiger partial charge is 0.361 e. The zero-order chi connectivity index (χ0) is 19.0. The maximum atomic E-state index is 12.5. The highest BCUT2D eigenvalue weighted by Crippen LogP contribution is 2.26. The van der Waals surface area contributed by atoms with Crippen molar-refractivity contribution in [3.8, 4) is 11.3 Å². The first kappa shape index (κ1) is 17.4. The molecule has 0 aromatic carbocycles. The van der Waals surface area contributed by atoms with Gasteiger partial charge in [-0.3, -0.25) is 14.5 Å². The van der Waals surface area contributed by atoms with Crippen molar-refractivity contribution < 1.29 is 9.32 Å². The molecule has 0 aliphatic carbocycles. The normalized spacial score (nSPS) is 16.9. The third-order valence-corrected chi connectivity index (χ3v) is 4.98. The smallest absolute Gasteiger partial charge is 0.274 e. The Morgan fingerprint density at radius 3 is 2.89 bits per heavy atom. The molecule has 1 aliphatic heterocycles. The van der Waals surface area contributed by atoms with Gasteiger partial charge in [0.05, 0.1) is 28.8 Å². The fraction of sp³-hybridized carbons (Fsp3) is 0.421. The van der Waals surface area contributed by atoms with E-state index in [1.807, 2.05) is 25.8 Å². The molecule has 1 saturated heterocycles. The second kappa shape index (κ2) is 6.94. The quantitative estimate of drug-likeness (QED) is 0.703. The van der Waals surface area contributed by atoms with Crippen LogP contribution < -0.4 is 0 Å². The lowest BCUT2D eigenvalue weighted by atomic mass is 10.0. The van der Waals surface area contributed by atoms with E-state index in [4.69, 9.17) is 9.51 Å². The Hall–Kier alpha value is -3.03. The Morgan fingerprint density at radius 1 is 1.33 bits per heavy atom. The molecule has 0 unspecified atom stereocenters. The summed E-state index contributed by atoms with van der Waals surface area (Å²) in [6, 6.07) is 1.76. The van der Waals surface area contributed by atoms with Crippen LogP contribution in [0.1, 0.15) is 34.1 Å². The van der Waals surface area contributed by atoms with Gasteiger partial charge >= 0.3 is 0 Å². The molecule has 8 nitrogen and oxygen atoms in total. The van der Waals surface area contributed by atoms with E-state index in [2.05, 4.69) is 15.2 Å². The fourth-order valence-corrected chi connectivity index (χ4v) is 3.64. The van der Waals surface area contributed by atoms with Gasteiger partial charge in [-0.15, -0.1) is 0 Å². The third kappa shape index (κ3) is 3.47. The minimum Gasteiger partial charge on any atom is -0.361 e. The summed E-state index contributed by atoms with van der Waals surface area (Å²) in [6.07, 6.45) is 7.06. The number of nitrogens with zero attached hydrogens (tertiary/aromatic N) is 6. The van der Waals surface area contributed by atoms with Gasteiger partial charge in [-0.05, 0) is 38.7 Å². The summed E-state index contributed by atoms with van der Waals surface area (Å²) in [5.74, 6) is 1.10. The summed E-state index contributed by atoms with van der Waals surface area (Å²) < 4.78 is 6.89. The first-order valence-corrected chi connectivity index (χ1v) is 9.04. The molecule has 0 spiro atoms. The van der Waals surface area contributed by atoms with E-state index in [-0.39, 0.29) is 5.91 Å². The van der Waals surface area contributed by atoms with Crippen LogP contribution in [0, 0.1) is 19.8 Å². The average Bonchev–Trinajstić information content (AvgIpc) is 3.36. The molecule has 4 heterocycles. The maximum Gasteiger partial charge on any atom is 0.274 e. The first-order chi connectivity index (χ1) is 13.0. The van der Waals surface area contributed by atoms with Crippen molar-refractivity contribution in [1.82, 2.24) is 29.8 Å². The zero-order valence-electron chi connectivity index (χ0n) is 15.7. The highest BCUT2D eigenvalue weighted by Gasteiger charge is 2.28. The molecular formula is C19H22N6O2. The van der Waals surface area contributed by atoms with E-state index in [0.717, 1.165) is 47.8 Å². The predicted octanol–water partition coefficient (Wildman–Crippen LogP) is 2.19. The van der Waals surface area contributed by atoms with E-state index in [1.165, 1.54) is 0 Å². The Kier molecular flexibility index (Phi) is 4.47. The van der Waals surface area contributed by atoms with E-state index >= 15 is 0 Å². The monoisotopic (exact) mass is 366 g/mol. The van der Waals surface area contributed by atoms with Crippen molar-refractivity contribution in [1.29, 1.82) is 0 Å². The van der Waals surface area contributed by atoms with Gasteiger partial charge in [0, 0.05) is 32.5 Å². The number of likely N-dealkylation sites (tertiary alicyclic amines) is 1. The topological polar surface area (TPSA) is 89.9 Å². The summed E-state index contributed by atoms with van der Waals surface area (Å²) >= 11 is 0. The Labute approximate surface area is 157 Å². The van der Waals surface area contributed by atoms with Crippen LogP contribution in [-0.2, 0) is 13.5 Å². The Bertz CT molecular complexity index is 957. The maximum absolute atomic E-state index is 12.5. The number of hydrogen-bond acceptors (Lipinski definition) is 6. The molecule has 0 radical (unpaired) electrons. The van der Waals surface area contributed by atoms with Gasteiger partial charge in [0.1, 0.15) is 11.5 Å². The minimum atomic E-state index is -0.00587. The number of hydrogen-bond donors (Lipinski definition) is 0. The molecule has 3 aromatic rings. The molecule has 1 atom stereocenters. The number of carbonyl (C=O) groups is 1. The van der Waals surface area contributed by atoms with Crippen molar-refractivity contribution in [2.75, 3.05) is 13.1 Å². The van der Waals surface area contributed by atoms with E-state index in [0.29, 0.717) is 18.2 Å². The molecule has 1 fully saturated rings. The molecule has 0 N–H and O–H groups in total. The number of aryl methyl sites for hydroxylation is 3. The predicted molar refractivity (Wildman–Crippen MR) is 97.9 cm³/mol. The van der Waals surface area contributed by atoms with Crippen molar-refractivity contribution in [3.63, 3.8) is 0 Å². The van der Waals surface area contributed by atoms with Crippen LogP contribution in [0.4, 0.5) is 0 Å². The van der Waals surface area contributed by atoms with Crippen molar-refractivity contribution in [3.05, 3.63) is 47.5 Å². The van der Waals surface area contributed by atoms with Gasteiger partial charge in [-0.25, -0.2) is 4.98 Å². The molecule has 4 rings (SSSR count). The number of carbonyl (C=O) groups excluding carboxylic acids is 1. The van der Waals surface area contributed by atoms with Crippen LogP contribution in [0.25, 0.3) is 11.3 Å². The number of amides is 1. The summed E-state index contributed by atoms with van der Waals surface area (Å²) in [4.78, 5) is 23.5. The highest BCUT2D eigenvalue weighted by atomic mass is 16.5. The molecular weight excluding hydrogens is 344 g/mol. The SMILES string of the molecule is Cc1noc(C)c1-c1cncc(C[C@H]2CCN(C(=O)c3ccn(C)n3)C2)n1. The lowest BCUT2D eigenvalue weighted by molar-refractivity contribution is 0.0780. The fourth-order valence-electron chi connectivity index (χ4n) is 3.64. The van der Waals surface area contributed by atoms with E-state index in [9.17, 15) is 4.79 Å². The van der Waals surface area contributed by atoms with Crippen LogP contribution in [0.5, 0.6) is 0 Å². The van der Waals surface area contributed by atoms with Gasteiger partial charge in [0.2, 0.25) is 0 Å². The lowest BCUT2D eigenvalue weighted by Crippen LogP contribution is -2.29. The van der Waals surface area contributed by atoms with Crippen LogP contribution in [-0.4, -0.2) is 48.8 Å². The third-order valence-electron chi connectivity index (χ3n) is 4.98. The molecule has 140 valence electrons. The molecule has 1 amide bonds. The average molecular weight is 366 g/mol.